The molecule has 0 spiro atoms. The van der Waals surface area contributed by atoms with Gasteiger partial charge in [-0.15, -0.1) is 0 Å². The Hall–Kier alpha value is -1.07. The van der Waals surface area contributed by atoms with Gasteiger partial charge < -0.3 is 5.32 Å². The Morgan fingerprint density at radius 2 is 1.70 bits per heavy atom. The fraction of sp³-hybridized carbons (Fsp3) is 0.600. The molecule has 1 aliphatic rings. The number of benzene rings is 1. The summed E-state index contributed by atoms with van der Waals surface area (Å²) < 4.78 is 25.6. The first-order valence-corrected chi connectivity index (χ1v) is 8.71. The lowest BCUT2D eigenvalue weighted by Crippen LogP contribution is -2.30. The van der Waals surface area contributed by atoms with Crippen LogP contribution in [-0.4, -0.2) is 21.5 Å². The normalized spacial score (nSPS) is 27.2. The highest BCUT2D eigenvalue weighted by Gasteiger charge is 2.24. The van der Waals surface area contributed by atoms with Crippen LogP contribution in [0, 0.1) is 11.8 Å². The van der Waals surface area contributed by atoms with Crippen molar-refractivity contribution in [2.45, 2.75) is 44.0 Å². The molecule has 1 aromatic rings. The third-order valence-electron chi connectivity index (χ3n) is 4.40. The standard InChI is InChI=1S/C15H24N2O2S/c1-11-4-5-14(10-12(11)2)17-13-6-8-15(9-7-13)20(18,19)16-3/h6-9,11-12,14,16-17H,4-5,10H2,1-3H3. The fourth-order valence-electron chi connectivity index (χ4n) is 2.76. The Bertz CT molecular complexity index is 539. The van der Waals surface area contributed by atoms with Crippen molar-refractivity contribution in [2.75, 3.05) is 12.4 Å². The number of hydrogen-bond acceptors (Lipinski definition) is 3. The molecule has 3 atom stereocenters. The Kier molecular flexibility index (Phi) is 4.70. The highest BCUT2D eigenvalue weighted by molar-refractivity contribution is 7.89. The van der Waals surface area contributed by atoms with Gasteiger partial charge in [0.2, 0.25) is 10.0 Å². The molecule has 1 saturated carbocycles. The molecule has 0 radical (unpaired) electrons. The van der Waals surface area contributed by atoms with E-state index in [1.54, 1.807) is 12.1 Å². The second-order valence-corrected chi connectivity index (χ2v) is 7.73. The molecule has 4 nitrogen and oxygen atoms in total. The SMILES string of the molecule is CNS(=O)(=O)c1ccc(NC2CCC(C)C(C)C2)cc1. The molecule has 1 aliphatic carbocycles. The van der Waals surface area contributed by atoms with Gasteiger partial charge in [-0.3, -0.25) is 0 Å². The molecule has 5 heteroatoms. The minimum absolute atomic E-state index is 0.302. The lowest BCUT2D eigenvalue weighted by Gasteiger charge is -2.33. The van der Waals surface area contributed by atoms with Gasteiger partial charge in [0, 0.05) is 11.7 Å². The third kappa shape index (κ3) is 3.52. The summed E-state index contributed by atoms with van der Waals surface area (Å²) in [5, 5.41) is 3.51. The van der Waals surface area contributed by atoms with Gasteiger partial charge in [-0.1, -0.05) is 13.8 Å². The number of hydrogen-bond donors (Lipinski definition) is 2. The zero-order chi connectivity index (χ0) is 14.8. The van der Waals surface area contributed by atoms with Crippen LogP contribution in [-0.2, 0) is 10.0 Å². The van der Waals surface area contributed by atoms with Crippen LogP contribution < -0.4 is 10.0 Å². The van der Waals surface area contributed by atoms with E-state index in [4.69, 9.17) is 0 Å². The van der Waals surface area contributed by atoms with Crippen LogP contribution in [0.2, 0.25) is 0 Å². The molecule has 20 heavy (non-hydrogen) atoms. The molecule has 2 rings (SSSR count). The topological polar surface area (TPSA) is 58.2 Å². The first kappa shape index (κ1) is 15.3. The van der Waals surface area contributed by atoms with Crippen LogP contribution in [0.15, 0.2) is 29.2 Å². The molecule has 0 amide bonds. The monoisotopic (exact) mass is 296 g/mol. The van der Waals surface area contributed by atoms with Crippen molar-refractivity contribution in [1.82, 2.24) is 4.72 Å². The number of rotatable bonds is 4. The Balaban J connectivity index is 2.01. The third-order valence-corrected chi connectivity index (χ3v) is 5.83. The first-order valence-electron chi connectivity index (χ1n) is 7.22. The highest BCUT2D eigenvalue weighted by Crippen LogP contribution is 2.31. The summed E-state index contributed by atoms with van der Waals surface area (Å²) in [6.07, 6.45) is 3.62. The van der Waals surface area contributed by atoms with Crippen molar-refractivity contribution < 1.29 is 8.42 Å². The number of anilines is 1. The summed E-state index contributed by atoms with van der Waals surface area (Å²) in [5.41, 5.74) is 0.992. The molecular formula is C15H24N2O2S. The second-order valence-electron chi connectivity index (χ2n) is 5.84. The highest BCUT2D eigenvalue weighted by atomic mass is 32.2. The van der Waals surface area contributed by atoms with E-state index in [1.165, 1.54) is 26.3 Å². The van der Waals surface area contributed by atoms with Crippen LogP contribution in [0.5, 0.6) is 0 Å². The van der Waals surface area contributed by atoms with Crippen molar-refractivity contribution in [3.05, 3.63) is 24.3 Å². The van der Waals surface area contributed by atoms with Gasteiger partial charge in [0.05, 0.1) is 4.90 Å². The van der Waals surface area contributed by atoms with E-state index in [2.05, 4.69) is 23.9 Å². The molecule has 1 fully saturated rings. The van der Waals surface area contributed by atoms with E-state index < -0.39 is 10.0 Å². The molecule has 1 aromatic carbocycles. The van der Waals surface area contributed by atoms with Crippen LogP contribution in [0.1, 0.15) is 33.1 Å². The minimum atomic E-state index is -3.34. The van der Waals surface area contributed by atoms with Gasteiger partial charge in [0.1, 0.15) is 0 Å². The maximum absolute atomic E-state index is 11.6. The summed E-state index contributed by atoms with van der Waals surface area (Å²) in [4.78, 5) is 0.302. The molecule has 112 valence electrons. The molecule has 0 aliphatic heterocycles. The summed E-state index contributed by atoms with van der Waals surface area (Å²) in [7, 11) is -1.92. The Morgan fingerprint density at radius 3 is 2.25 bits per heavy atom. The summed E-state index contributed by atoms with van der Waals surface area (Å²) in [5.74, 6) is 1.54. The predicted molar refractivity (Wildman–Crippen MR) is 82.3 cm³/mol. The van der Waals surface area contributed by atoms with Crippen molar-refractivity contribution >= 4 is 15.7 Å². The van der Waals surface area contributed by atoms with Crippen LogP contribution in [0.25, 0.3) is 0 Å². The molecule has 3 unspecified atom stereocenters. The first-order chi connectivity index (χ1) is 9.42. The molecule has 0 saturated heterocycles. The average molecular weight is 296 g/mol. The van der Waals surface area contributed by atoms with Crippen molar-refractivity contribution in [2.24, 2.45) is 11.8 Å². The fourth-order valence-corrected chi connectivity index (χ4v) is 3.49. The smallest absolute Gasteiger partial charge is 0.240 e. The van der Waals surface area contributed by atoms with Crippen LogP contribution >= 0.6 is 0 Å². The second kappa shape index (κ2) is 6.14. The van der Waals surface area contributed by atoms with E-state index in [-0.39, 0.29) is 0 Å². The molecule has 0 aromatic heterocycles. The quantitative estimate of drug-likeness (QED) is 0.898. The van der Waals surface area contributed by atoms with Crippen LogP contribution in [0.3, 0.4) is 0 Å². The molecule has 0 bridgehead atoms. The molecular weight excluding hydrogens is 272 g/mol. The van der Waals surface area contributed by atoms with Crippen molar-refractivity contribution in [3.8, 4) is 0 Å². The van der Waals surface area contributed by atoms with Crippen LogP contribution in [0.4, 0.5) is 5.69 Å². The van der Waals surface area contributed by atoms with Gasteiger partial charge in [-0.05, 0) is 62.4 Å². The van der Waals surface area contributed by atoms with Gasteiger partial charge in [-0.2, -0.15) is 0 Å². The van der Waals surface area contributed by atoms with Gasteiger partial charge in [0.25, 0.3) is 0 Å². The Morgan fingerprint density at radius 1 is 1.05 bits per heavy atom. The van der Waals surface area contributed by atoms with E-state index in [1.807, 2.05) is 12.1 Å². The Labute approximate surface area is 122 Å². The summed E-state index contributed by atoms with van der Waals surface area (Å²) >= 11 is 0. The largest absolute Gasteiger partial charge is 0.382 e. The van der Waals surface area contributed by atoms with Crippen molar-refractivity contribution in [1.29, 1.82) is 0 Å². The number of sulfonamides is 1. The van der Waals surface area contributed by atoms with E-state index in [9.17, 15) is 8.42 Å². The molecule has 2 N–H and O–H groups in total. The number of nitrogens with one attached hydrogen (secondary N) is 2. The summed E-state index contributed by atoms with van der Waals surface area (Å²) in [6, 6.07) is 7.46. The maximum Gasteiger partial charge on any atom is 0.240 e. The lowest BCUT2D eigenvalue weighted by atomic mass is 9.79. The average Bonchev–Trinajstić information content (AvgIpc) is 2.43. The zero-order valence-corrected chi connectivity index (χ0v) is 13.2. The zero-order valence-electron chi connectivity index (χ0n) is 12.4. The van der Waals surface area contributed by atoms with E-state index >= 15 is 0 Å². The van der Waals surface area contributed by atoms with Gasteiger partial charge >= 0.3 is 0 Å². The van der Waals surface area contributed by atoms with Gasteiger partial charge in [0.15, 0.2) is 0 Å². The summed E-state index contributed by atoms with van der Waals surface area (Å²) in [6.45, 7) is 4.62. The van der Waals surface area contributed by atoms with E-state index in [0.717, 1.165) is 17.5 Å². The predicted octanol–water partition coefficient (Wildman–Crippen LogP) is 2.83. The molecule has 0 heterocycles. The maximum atomic E-state index is 11.6. The lowest BCUT2D eigenvalue weighted by molar-refractivity contribution is 0.261. The van der Waals surface area contributed by atoms with E-state index in [0.29, 0.717) is 10.9 Å². The van der Waals surface area contributed by atoms with Gasteiger partial charge in [-0.25, -0.2) is 13.1 Å². The van der Waals surface area contributed by atoms with Crippen molar-refractivity contribution in [3.63, 3.8) is 0 Å². The minimum Gasteiger partial charge on any atom is -0.382 e.